The summed E-state index contributed by atoms with van der Waals surface area (Å²) in [7, 11) is -4.37. The molecule has 0 aromatic carbocycles. The zero-order valence-electron chi connectivity index (χ0n) is 30.0. The molecular formula is C37H70NO8P. The molecule has 0 aliphatic heterocycles. The first-order chi connectivity index (χ1) is 22.8. The average Bonchev–Trinajstić information content (AvgIpc) is 3.05. The molecule has 10 heteroatoms. The number of unbranched alkanes of at least 4 members (excludes halogenated alkanes) is 18. The monoisotopic (exact) mass is 687 g/mol. The van der Waals surface area contributed by atoms with E-state index in [1.807, 2.05) is 0 Å². The third kappa shape index (κ3) is 34.2. The lowest BCUT2D eigenvalue weighted by molar-refractivity contribution is -0.161. The lowest BCUT2D eigenvalue weighted by atomic mass is 10.1. The molecule has 9 nitrogen and oxygen atoms in total. The number of carbonyl (C=O) groups excluding carboxylic acids is 2. The second kappa shape index (κ2) is 34.4. The normalized spacial score (nSPS) is 13.7. The van der Waals surface area contributed by atoms with E-state index in [1.54, 1.807) is 0 Å². The van der Waals surface area contributed by atoms with Gasteiger partial charge in [0.05, 0.1) is 13.2 Å². The van der Waals surface area contributed by atoms with E-state index in [-0.39, 0.29) is 32.6 Å². The van der Waals surface area contributed by atoms with Crippen LogP contribution in [0.2, 0.25) is 0 Å². The Morgan fingerprint density at radius 1 is 0.617 bits per heavy atom. The molecule has 47 heavy (non-hydrogen) atoms. The number of carbonyl (C=O) groups is 2. The van der Waals surface area contributed by atoms with E-state index in [9.17, 15) is 19.0 Å². The summed E-state index contributed by atoms with van der Waals surface area (Å²) in [5.74, 6) is -0.843. The molecule has 0 fully saturated rings. The van der Waals surface area contributed by atoms with Crippen LogP contribution in [0.25, 0.3) is 0 Å². The minimum atomic E-state index is -4.37. The Bertz CT molecular complexity index is 835. The van der Waals surface area contributed by atoms with Gasteiger partial charge in [0.2, 0.25) is 0 Å². The fourth-order valence-electron chi connectivity index (χ4n) is 4.95. The second-order valence-corrected chi connectivity index (χ2v) is 13.9. The van der Waals surface area contributed by atoms with Gasteiger partial charge in [-0.05, 0) is 51.4 Å². The SMILES string of the molecule is CCCC/C=C/CCCCCCCCCCCC(=O)O[C@H](COC(=O)CCCCCCC/C=C/CCCC)COP(=O)(O)OCCN. The van der Waals surface area contributed by atoms with E-state index in [2.05, 4.69) is 38.2 Å². The van der Waals surface area contributed by atoms with E-state index < -0.39 is 32.5 Å². The maximum absolute atomic E-state index is 12.5. The predicted molar refractivity (Wildman–Crippen MR) is 192 cm³/mol. The molecule has 0 radical (unpaired) electrons. The maximum atomic E-state index is 12.5. The van der Waals surface area contributed by atoms with Crippen LogP contribution in [0, 0.1) is 0 Å². The molecule has 0 spiro atoms. The standard InChI is InChI=1S/C37H70NO8P/c1-3-5-7-9-11-13-15-16-17-18-20-22-24-26-28-30-37(40)46-35(34-45-47(41,42)44-32-31-38)33-43-36(39)29-27-25-23-21-19-14-12-10-8-6-4-2/h9-12,35H,3-8,13-34,38H2,1-2H3,(H,41,42)/b11-9+,12-10+/t35-/m1/s1. The van der Waals surface area contributed by atoms with Gasteiger partial charge in [0.15, 0.2) is 6.10 Å². The molecule has 0 bridgehead atoms. The van der Waals surface area contributed by atoms with Crippen molar-refractivity contribution in [1.29, 1.82) is 0 Å². The van der Waals surface area contributed by atoms with E-state index in [0.29, 0.717) is 6.42 Å². The van der Waals surface area contributed by atoms with Crippen molar-refractivity contribution in [2.24, 2.45) is 5.73 Å². The number of hydrogen-bond donors (Lipinski definition) is 2. The minimum Gasteiger partial charge on any atom is -0.462 e. The molecule has 0 amide bonds. The largest absolute Gasteiger partial charge is 0.472 e. The van der Waals surface area contributed by atoms with Gasteiger partial charge in [-0.3, -0.25) is 18.6 Å². The summed E-state index contributed by atoms with van der Waals surface area (Å²) in [6.45, 7) is 3.64. The van der Waals surface area contributed by atoms with E-state index in [1.165, 1.54) is 70.6 Å². The fourth-order valence-corrected chi connectivity index (χ4v) is 5.71. The van der Waals surface area contributed by atoms with Gasteiger partial charge >= 0.3 is 19.8 Å². The van der Waals surface area contributed by atoms with Crippen LogP contribution in [-0.2, 0) is 32.7 Å². The number of ether oxygens (including phenoxy) is 2. The fraction of sp³-hybridized carbons (Fsp3) is 0.838. The van der Waals surface area contributed by atoms with Crippen LogP contribution in [0.4, 0.5) is 0 Å². The number of allylic oxidation sites excluding steroid dienone is 4. The summed E-state index contributed by atoms with van der Waals surface area (Å²) in [6, 6.07) is 0. The second-order valence-electron chi connectivity index (χ2n) is 12.4. The number of rotatable bonds is 35. The zero-order valence-corrected chi connectivity index (χ0v) is 30.9. The quantitative estimate of drug-likeness (QED) is 0.0289. The molecule has 0 heterocycles. The van der Waals surface area contributed by atoms with Crippen molar-refractivity contribution >= 4 is 19.8 Å². The molecule has 0 saturated heterocycles. The van der Waals surface area contributed by atoms with Crippen molar-refractivity contribution in [1.82, 2.24) is 0 Å². The predicted octanol–water partition coefficient (Wildman–Crippen LogP) is 10.0. The van der Waals surface area contributed by atoms with Crippen LogP contribution < -0.4 is 5.73 Å². The Morgan fingerprint density at radius 3 is 1.51 bits per heavy atom. The third-order valence-electron chi connectivity index (χ3n) is 7.81. The summed E-state index contributed by atoms with van der Waals surface area (Å²) in [5.41, 5.74) is 5.32. The Labute approximate surface area is 287 Å². The summed E-state index contributed by atoms with van der Waals surface area (Å²) in [5, 5.41) is 0. The highest BCUT2D eigenvalue weighted by atomic mass is 31.2. The average molecular weight is 688 g/mol. The van der Waals surface area contributed by atoms with Crippen LogP contribution in [-0.4, -0.2) is 49.3 Å². The molecule has 2 atom stereocenters. The molecule has 1 unspecified atom stereocenters. The first-order valence-corrected chi connectivity index (χ1v) is 20.3. The van der Waals surface area contributed by atoms with Crippen LogP contribution in [0.5, 0.6) is 0 Å². The minimum absolute atomic E-state index is 0.0527. The molecule has 0 aliphatic carbocycles. The van der Waals surface area contributed by atoms with Crippen molar-refractivity contribution in [2.75, 3.05) is 26.4 Å². The van der Waals surface area contributed by atoms with Gasteiger partial charge in [0.25, 0.3) is 0 Å². The summed E-state index contributed by atoms with van der Waals surface area (Å²) in [6.07, 6.45) is 33.5. The first-order valence-electron chi connectivity index (χ1n) is 18.8. The number of phosphoric ester groups is 1. The Kier molecular flexibility index (Phi) is 33.3. The summed E-state index contributed by atoms with van der Waals surface area (Å²) in [4.78, 5) is 34.6. The first kappa shape index (κ1) is 45.5. The van der Waals surface area contributed by atoms with Crippen molar-refractivity contribution in [3.63, 3.8) is 0 Å². The highest BCUT2D eigenvalue weighted by Crippen LogP contribution is 2.43. The van der Waals surface area contributed by atoms with Crippen molar-refractivity contribution in [2.45, 2.75) is 174 Å². The molecule has 3 N–H and O–H groups in total. The number of phosphoric acid groups is 1. The number of esters is 2. The van der Waals surface area contributed by atoms with Crippen molar-refractivity contribution < 1.29 is 37.6 Å². The van der Waals surface area contributed by atoms with Crippen LogP contribution in [0.1, 0.15) is 168 Å². The summed E-state index contributed by atoms with van der Waals surface area (Å²) >= 11 is 0. The highest BCUT2D eigenvalue weighted by molar-refractivity contribution is 7.47. The third-order valence-corrected chi connectivity index (χ3v) is 8.79. The van der Waals surface area contributed by atoms with Crippen molar-refractivity contribution in [3.05, 3.63) is 24.3 Å². The van der Waals surface area contributed by atoms with Gasteiger partial charge in [-0.2, -0.15) is 0 Å². The molecule has 0 saturated carbocycles. The number of nitrogens with two attached hydrogens (primary N) is 1. The number of hydrogen-bond acceptors (Lipinski definition) is 8. The topological polar surface area (TPSA) is 134 Å². The van der Waals surface area contributed by atoms with Gasteiger partial charge in [0, 0.05) is 19.4 Å². The molecule has 0 aromatic rings. The van der Waals surface area contributed by atoms with Gasteiger partial charge in [-0.1, -0.05) is 128 Å². The van der Waals surface area contributed by atoms with E-state index in [0.717, 1.165) is 64.2 Å². The lowest BCUT2D eigenvalue weighted by Gasteiger charge is -2.19. The maximum Gasteiger partial charge on any atom is 0.472 e. The van der Waals surface area contributed by atoms with Gasteiger partial charge in [-0.15, -0.1) is 0 Å². The van der Waals surface area contributed by atoms with Crippen LogP contribution in [0.15, 0.2) is 24.3 Å². The lowest BCUT2D eigenvalue weighted by Crippen LogP contribution is -2.29. The van der Waals surface area contributed by atoms with Crippen LogP contribution in [0.3, 0.4) is 0 Å². The van der Waals surface area contributed by atoms with Crippen LogP contribution >= 0.6 is 7.82 Å². The smallest absolute Gasteiger partial charge is 0.462 e. The van der Waals surface area contributed by atoms with Crippen molar-refractivity contribution in [3.8, 4) is 0 Å². The highest BCUT2D eigenvalue weighted by Gasteiger charge is 2.25. The molecular weight excluding hydrogens is 617 g/mol. The molecule has 0 aromatic heterocycles. The van der Waals surface area contributed by atoms with E-state index in [4.69, 9.17) is 24.3 Å². The molecule has 276 valence electrons. The van der Waals surface area contributed by atoms with E-state index >= 15 is 0 Å². The summed E-state index contributed by atoms with van der Waals surface area (Å²) < 4.78 is 32.6. The molecule has 0 aliphatic rings. The van der Waals surface area contributed by atoms with Gasteiger partial charge in [0.1, 0.15) is 6.61 Å². The molecule has 0 rings (SSSR count). The Balaban J connectivity index is 4.22. The zero-order chi connectivity index (χ0) is 34.7. The Morgan fingerprint density at radius 2 is 1.04 bits per heavy atom. The Hall–Kier alpha value is -1.51. The van der Waals surface area contributed by atoms with Gasteiger partial charge in [-0.25, -0.2) is 4.57 Å². The van der Waals surface area contributed by atoms with Gasteiger partial charge < -0.3 is 20.1 Å².